The highest BCUT2D eigenvalue weighted by atomic mass is 14.5. The van der Waals surface area contributed by atoms with Gasteiger partial charge < -0.3 is 0 Å². The highest BCUT2D eigenvalue weighted by Gasteiger charge is 2.47. The van der Waals surface area contributed by atoms with Crippen LogP contribution in [0.3, 0.4) is 0 Å². The molecule has 0 radical (unpaired) electrons. The Morgan fingerprint density at radius 2 is 1.71 bits per heavy atom. The molecule has 4 unspecified atom stereocenters. The van der Waals surface area contributed by atoms with Gasteiger partial charge in [-0.3, -0.25) is 0 Å². The molecule has 0 amide bonds. The van der Waals surface area contributed by atoms with E-state index in [1.54, 1.807) is 0 Å². The molecule has 0 bridgehead atoms. The van der Waals surface area contributed by atoms with Crippen LogP contribution in [0.2, 0.25) is 0 Å². The van der Waals surface area contributed by atoms with Crippen LogP contribution < -0.4 is 0 Å². The first-order valence-electron chi connectivity index (χ1n) is 9.65. The van der Waals surface area contributed by atoms with Gasteiger partial charge in [-0.2, -0.15) is 5.26 Å². The first-order chi connectivity index (χ1) is 10.2. The summed E-state index contributed by atoms with van der Waals surface area (Å²) >= 11 is 0. The van der Waals surface area contributed by atoms with Crippen molar-refractivity contribution in [2.45, 2.75) is 97.3 Å². The number of fused-ring (bicyclic) bond motifs is 1. The first-order valence-corrected chi connectivity index (χ1v) is 9.65. The Morgan fingerprint density at radius 1 is 0.952 bits per heavy atom. The van der Waals surface area contributed by atoms with Crippen molar-refractivity contribution in [3.8, 4) is 6.07 Å². The van der Waals surface area contributed by atoms with Gasteiger partial charge in [-0.05, 0) is 49.9 Å². The van der Waals surface area contributed by atoms with E-state index in [4.69, 9.17) is 0 Å². The summed E-state index contributed by atoms with van der Waals surface area (Å²) in [7, 11) is 0. The van der Waals surface area contributed by atoms with E-state index in [0.29, 0.717) is 0 Å². The molecule has 2 rings (SSSR count). The number of rotatable bonds is 7. The Hall–Kier alpha value is -0.510. The fraction of sp³-hybridized carbons (Fsp3) is 0.950. The molecule has 0 aromatic carbocycles. The topological polar surface area (TPSA) is 23.8 Å². The Labute approximate surface area is 132 Å². The standard InChI is InChI=1S/C20H35N/c1-3-5-7-9-18-10-11-19-14-17(8-6-4-2)12-13-20(19,15-18)16-21/h17-19H,3-15H2,1-2H3. The maximum atomic E-state index is 9.88. The molecule has 0 aliphatic heterocycles. The lowest BCUT2D eigenvalue weighted by Gasteiger charge is -2.48. The minimum Gasteiger partial charge on any atom is -0.198 e. The molecule has 21 heavy (non-hydrogen) atoms. The third-order valence-corrected chi connectivity index (χ3v) is 6.38. The Bertz CT molecular complexity index is 342. The molecule has 0 spiro atoms. The molecule has 0 heterocycles. The summed E-state index contributed by atoms with van der Waals surface area (Å²) in [5.74, 6) is 2.49. The Balaban J connectivity index is 1.89. The zero-order valence-electron chi connectivity index (χ0n) is 14.4. The SMILES string of the molecule is CCCCCC1CCC2CC(CCCC)CCC2(C#N)C1. The van der Waals surface area contributed by atoms with Crippen LogP contribution in [0.1, 0.15) is 97.3 Å². The van der Waals surface area contributed by atoms with Crippen molar-refractivity contribution in [1.82, 2.24) is 0 Å². The summed E-state index contributed by atoms with van der Waals surface area (Å²) in [6.45, 7) is 4.58. The average molecular weight is 290 g/mol. The lowest BCUT2D eigenvalue weighted by Crippen LogP contribution is -2.40. The summed E-state index contributed by atoms with van der Waals surface area (Å²) < 4.78 is 0. The second kappa shape index (κ2) is 8.21. The molecule has 4 atom stereocenters. The van der Waals surface area contributed by atoms with Gasteiger partial charge in [0.05, 0.1) is 11.5 Å². The number of hydrogen-bond acceptors (Lipinski definition) is 1. The van der Waals surface area contributed by atoms with E-state index in [9.17, 15) is 5.26 Å². The van der Waals surface area contributed by atoms with Crippen molar-refractivity contribution >= 4 is 0 Å². The number of unbranched alkanes of at least 4 members (excludes halogenated alkanes) is 3. The predicted octanol–water partition coefficient (Wildman–Crippen LogP) is 6.48. The van der Waals surface area contributed by atoms with E-state index < -0.39 is 0 Å². The zero-order chi connectivity index (χ0) is 15.1. The van der Waals surface area contributed by atoms with Crippen LogP contribution in [0.5, 0.6) is 0 Å². The summed E-state index contributed by atoms with van der Waals surface area (Å²) in [6, 6.07) is 2.82. The third-order valence-electron chi connectivity index (χ3n) is 6.38. The summed E-state index contributed by atoms with van der Waals surface area (Å²) in [5, 5.41) is 9.88. The van der Waals surface area contributed by atoms with E-state index in [1.807, 2.05) is 0 Å². The Kier molecular flexibility index (Phi) is 6.59. The van der Waals surface area contributed by atoms with Gasteiger partial charge in [-0.15, -0.1) is 0 Å². The molecule has 1 heteroatoms. The van der Waals surface area contributed by atoms with Crippen molar-refractivity contribution in [3.05, 3.63) is 0 Å². The largest absolute Gasteiger partial charge is 0.198 e. The molecule has 120 valence electrons. The van der Waals surface area contributed by atoms with Crippen molar-refractivity contribution < 1.29 is 0 Å². The van der Waals surface area contributed by atoms with Gasteiger partial charge in [-0.1, -0.05) is 65.2 Å². The maximum Gasteiger partial charge on any atom is 0.0692 e. The summed E-state index contributed by atoms with van der Waals surface area (Å²) in [6.07, 6.45) is 17.4. The van der Waals surface area contributed by atoms with Crippen molar-refractivity contribution in [2.24, 2.45) is 23.2 Å². The molecule has 2 aliphatic carbocycles. The highest BCUT2D eigenvalue weighted by molar-refractivity contribution is 5.08. The second-order valence-electron chi connectivity index (χ2n) is 7.89. The van der Waals surface area contributed by atoms with Gasteiger partial charge in [0.15, 0.2) is 0 Å². The summed E-state index contributed by atoms with van der Waals surface area (Å²) in [4.78, 5) is 0. The van der Waals surface area contributed by atoms with Crippen LogP contribution in [-0.2, 0) is 0 Å². The minimum absolute atomic E-state index is 0.0673. The van der Waals surface area contributed by atoms with Crippen LogP contribution in [-0.4, -0.2) is 0 Å². The molecule has 2 aliphatic rings. The van der Waals surface area contributed by atoms with Gasteiger partial charge in [0, 0.05) is 0 Å². The van der Waals surface area contributed by atoms with Crippen molar-refractivity contribution in [3.63, 3.8) is 0 Å². The molecule has 2 fully saturated rings. The molecule has 2 saturated carbocycles. The number of hydrogen-bond donors (Lipinski definition) is 0. The first kappa shape index (κ1) is 16.9. The van der Waals surface area contributed by atoms with E-state index in [0.717, 1.165) is 17.8 Å². The normalized spacial score (nSPS) is 36.0. The lowest BCUT2D eigenvalue weighted by molar-refractivity contribution is 0.0367. The van der Waals surface area contributed by atoms with Crippen molar-refractivity contribution in [2.75, 3.05) is 0 Å². The molecular formula is C20H35N. The summed E-state index contributed by atoms with van der Waals surface area (Å²) in [5.41, 5.74) is 0.0673. The quantitative estimate of drug-likeness (QED) is 0.492. The van der Waals surface area contributed by atoms with Gasteiger partial charge in [0.1, 0.15) is 0 Å². The molecule has 0 N–H and O–H groups in total. The van der Waals surface area contributed by atoms with Gasteiger partial charge in [-0.25, -0.2) is 0 Å². The third kappa shape index (κ3) is 4.24. The van der Waals surface area contributed by atoms with Crippen LogP contribution in [0.4, 0.5) is 0 Å². The smallest absolute Gasteiger partial charge is 0.0692 e. The van der Waals surface area contributed by atoms with Gasteiger partial charge in [0.2, 0.25) is 0 Å². The molecule has 0 aromatic rings. The number of nitrogens with zero attached hydrogens (tertiary/aromatic N) is 1. The molecule has 0 saturated heterocycles. The second-order valence-corrected chi connectivity index (χ2v) is 7.89. The number of nitriles is 1. The van der Waals surface area contributed by atoms with E-state index >= 15 is 0 Å². The van der Waals surface area contributed by atoms with Crippen LogP contribution >= 0.6 is 0 Å². The van der Waals surface area contributed by atoms with Crippen LogP contribution in [0, 0.1) is 34.5 Å². The van der Waals surface area contributed by atoms with Crippen LogP contribution in [0.25, 0.3) is 0 Å². The van der Waals surface area contributed by atoms with Crippen molar-refractivity contribution in [1.29, 1.82) is 5.26 Å². The van der Waals surface area contributed by atoms with Crippen LogP contribution in [0.15, 0.2) is 0 Å². The maximum absolute atomic E-state index is 9.88. The fourth-order valence-electron chi connectivity index (χ4n) is 5.01. The fourth-order valence-corrected chi connectivity index (χ4v) is 5.01. The molecular weight excluding hydrogens is 254 g/mol. The van der Waals surface area contributed by atoms with Gasteiger partial charge >= 0.3 is 0 Å². The molecule has 1 nitrogen and oxygen atoms in total. The molecule has 0 aromatic heterocycles. The minimum atomic E-state index is 0.0673. The van der Waals surface area contributed by atoms with E-state index in [2.05, 4.69) is 19.9 Å². The predicted molar refractivity (Wildman–Crippen MR) is 89.9 cm³/mol. The Morgan fingerprint density at radius 3 is 2.43 bits per heavy atom. The van der Waals surface area contributed by atoms with Gasteiger partial charge in [0.25, 0.3) is 0 Å². The average Bonchev–Trinajstić information content (AvgIpc) is 2.53. The monoisotopic (exact) mass is 289 g/mol. The highest BCUT2D eigenvalue weighted by Crippen LogP contribution is 2.54. The van der Waals surface area contributed by atoms with E-state index in [1.165, 1.54) is 83.5 Å². The van der Waals surface area contributed by atoms with E-state index in [-0.39, 0.29) is 5.41 Å². The lowest BCUT2D eigenvalue weighted by atomic mass is 9.55. The zero-order valence-corrected chi connectivity index (χ0v) is 14.4.